The smallest absolute Gasteiger partial charge is 0.295 e. The molecule has 0 aliphatic heterocycles. The lowest BCUT2D eigenvalue weighted by Crippen LogP contribution is -1.95. The Morgan fingerprint density at radius 3 is 2.75 bits per heavy atom. The van der Waals surface area contributed by atoms with E-state index in [0.29, 0.717) is 17.8 Å². The Hall–Kier alpha value is -2.54. The number of hydrogen-bond acceptors (Lipinski definition) is 4. The van der Waals surface area contributed by atoms with Gasteiger partial charge in [0.1, 0.15) is 0 Å². The first kappa shape index (κ1) is 16.3. The van der Waals surface area contributed by atoms with Gasteiger partial charge in [0.2, 0.25) is 5.88 Å². The van der Waals surface area contributed by atoms with E-state index in [1.807, 2.05) is 25.1 Å². The molecule has 3 rings (SSSR count). The average molecular weight is 387 g/mol. The zero-order valence-corrected chi connectivity index (χ0v) is 14.6. The van der Waals surface area contributed by atoms with Crippen molar-refractivity contribution in [3.63, 3.8) is 0 Å². The number of amides is 1. The fraction of sp³-hybridized carbons (Fsp3) is 0.176. The maximum Gasteiger partial charge on any atom is 0.295 e. The molecule has 0 unspecified atom stereocenters. The van der Waals surface area contributed by atoms with Crippen molar-refractivity contribution in [2.45, 2.75) is 19.9 Å². The molecule has 0 atom stereocenters. The van der Waals surface area contributed by atoms with Crippen LogP contribution < -0.4 is 0 Å². The number of benzene rings is 1. The molecule has 0 spiro atoms. The first-order valence-corrected chi connectivity index (χ1v) is 8.28. The molecule has 6 nitrogen and oxygen atoms in total. The number of nitrogens with zero attached hydrogens (tertiary/aromatic N) is 4. The number of aromatic nitrogens is 2. The van der Waals surface area contributed by atoms with Crippen molar-refractivity contribution >= 4 is 38.4 Å². The molecule has 7 heteroatoms. The Morgan fingerprint density at radius 1 is 1.29 bits per heavy atom. The van der Waals surface area contributed by atoms with E-state index in [4.69, 9.17) is 0 Å². The highest BCUT2D eigenvalue weighted by atomic mass is 79.9. The molecule has 1 aromatic carbocycles. The number of aryl methyl sites for hydroxylation is 1. The molecule has 0 saturated heterocycles. The standard InChI is InChI=1S/C17H15BrN4O2/c1-2-9-22-14-4-3-12(18)10-13(14)15(17(22)24)20-21-16(23)11-5-7-19-8-6-11/h3-8,10,24H,2,9H2,1H3. The first-order chi connectivity index (χ1) is 11.6. The fourth-order valence-electron chi connectivity index (χ4n) is 2.49. The predicted molar refractivity (Wildman–Crippen MR) is 94.7 cm³/mol. The van der Waals surface area contributed by atoms with Crippen molar-refractivity contribution in [2.24, 2.45) is 10.2 Å². The summed E-state index contributed by atoms with van der Waals surface area (Å²) < 4.78 is 2.63. The third-order valence-corrected chi connectivity index (χ3v) is 4.08. The first-order valence-electron chi connectivity index (χ1n) is 7.48. The van der Waals surface area contributed by atoms with Crippen LogP contribution >= 0.6 is 15.9 Å². The predicted octanol–water partition coefficient (Wildman–Crippen LogP) is 4.84. The lowest BCUT2D eigenvalue weighted by Gasteiger charge is -2.03. The van der Waals surface area contributed by atoms with Gasteiger partial charge < -0.3 is 9.67 Å². The number of carbonyl (C=O) groups is 1. The summed E-state index contributed by atoms with van der Waals surface area (Å²) in [7, 11) is 0. The summed E-state index contributed by atoms with van der Waals surface area (Å²) in [6, 6.07) is 8.79. The van der Waals surface area contributed by atoms with E-state index in [1.165, 1.54) is 12.4 Å². The highest BCUT2D eigenvalue weighted by molar-refractivity contribution is 9.10. The summed E-state index contributed by atoms with van der Waals surface area (Å²) in [6.07, 6.45) is 3.90. The summed E-state index contributed by atoms with van der Waals surface area (Å²) in [6.45, 7) is 2.68. The maximum absolute atomic E-state index is 12.1. The number of rotatable bonds is 4. The third kappa shape index (κ3) is 3.07. The van der Waals surface area contributed by atoms with E-state index in [0.717, 1.165) is 21.8 Å². The number of azo groups is 1. The summed E-state index contributed by atoms with van der Waals surface area (Å²) in [4.78, 5) is 15.9. The number of halogens is 1. The normalized spacial score (nSPS) is 11.4. The van der Waals surface area contributed by atoms with Crippen LogP contribution in [-0.4, -0.2) is 20.6 Å². The van der Waals surface area contributed by atoms with Gasteiger partial charge in [-0.15, -0.1) is 10.2 Å². The highest BCUT2D eigenvalue weighted by Gasteiger charge is 2.17. The molecule has 0 saturated carbocycles. The van der Waals surface area contributed by atoms with Crippen molar-refractivity contribution < 1.29 is 9.90 Å². The quantitative estimate of drug-likeness (QED) is 0.651. The van der Waals surface area contributed by atoms with E-state index in [-0.39, 0.29) is 5.88 Å². The molecule has 1 amide bonds. The number of carbonyl (C=O) groups excluding carboxylic acids is 1. The van der Waals surface area contributed by atoms with Gasteiger partial charge in [0.15, 0.2) is 5.69 Å². The molecule has 0 fully saturated rings. The van der Waals surface area contributed by atoms with Crippen LogP contribution in [0.3, 0.4) is 0 Å². The van der Waals surface area contributed by atoms with Crippen LogP contribution in [0.1, 0.15) is 23.7 Å². The summed E-state index contributed by atoms with van der Waals surface area (Å²) in [5, 5.41) is 19.0. The fourth-order valence-corrected chi connectivity index (χ4v) is 2.85. The maximum atomic E-state index is 12.1. The zero-order valence-electron chi connectivity index (χ0n) is 13.0. The average Bonchev–Trinajstić information content (AvgIpc) is 2.85. The van der Waals surface area contributed by atoms with Gasteiger partial charge in [-0.3, -0.25) is 9.78 Å². The summed E-state index contributed by atoms with van der Waals surface area (Å²) in [5.74, 6) is -0.473. The van der Waals surface area contributed by atoms with Gasteiger partial charge in [-0.2, -0.15) is 0 Å². The van der Waals surface area contributed by atoms with Crippen LogP contribution in [0.2, 0.25) is 0 Å². The van der Waals surface area contributed by atoms with Gasteiger partial charge in [0.25, 0.3) is 5.91 Å². The van der Waals surface area contributed by atoms with Crippen LogP contribution in [0, 0.1) is 0 Å². The van der Waals surface area contributed by atoms with Crippen LogP contribution in [0.5, 0.6) is 5.88 Å². The van der Waals surface area contributed by atoms with Crippen LogP contribution in [0.25, 0.3) is 10.9 Å². The van der Waals surface area contributed by atoms with Crippen LogP contribution in [-0.2, 0) is 6.54 Å². The minimum absolute atomic E-state index is 0.0104. The van der Waals surface area contributed by atoms with Gasteiger partial charge in [-0.25, -0.2) is 0 Å². The number of hydrogen-bond donors (Lipinski definition) is 1. The molecule has 0 aliphatic carbocycles. The largest absolute Gasteiger partial charge is 0.493 e. The Bertz CT molecular complexity index is 919. The molecule has 122 valence electrons. The Morgan fingerprint density at radius 2 is 2.04 bits per heavy atom. The minimum atomic E-state index is -0.483. The summed E-state index contributed by atoms with van der Waals surface area (Å²) >= 11 is 3.42. The zero-order chi connectivity index (χ0) is 17.1. The number of aromatic hydroxyl groups is 1. The third-order valence-electron chi connectivity index (χ3n) is 3.59. The van der Waals surface area contributed by atoms with Crippen molar-refractivity contribution in [1.82, 2.24) is 9.55 Å². The van der Waals surface area contributed by atoms with Gasteiger partial charge in [0.05, 0.1) is 5.52 Å². The highest BCUT2D eigenvalue weighted by Crippen LogP contribution is 2.40. The molecule has 0 bridgehead atoms. The van der Waals surface area contributed by atoms with E-state index in [9.17, 15) is 9.90 Å². The molecular formula is C17H15BrN4O2. The lowest BCUT2D eigenvalue weighted by atomic mass is 10.2. The molecule has 2 aromatic heterocycles. The van der Waals surface area contributed by atoms with E-state index >= 15 is 0 Å². The van der Waals surface area contributed by atoms with Crippen LogP contribution in [0.4, 0.5) is 5.69 Å². The molecule has 24 heavy (non-hydrogen) atoms. The molecule has 3 aromatic rings. The van der Waals surface area contributed by atoms with Crippen molar-refractivity contribution in [3.8, 4) is 5.88 Å². The van der Waals surface area contributed by atoms with E-state index in [1.54, 1.807) is 16.7 Å². The van der Waals surface area contributed by atoms with Crippen molar-refractivity contribution in [2.75, 3.05) is 0 Å². The second kappa shape index (κ2) is 6.92. The monoisotopic (exact) mass is 386 g/mol. The number of fused-ring (bicyclic) bond motifs is 1. The van der Waals surface area contributed by atoms with Crippen molar-refractivity contribution in [3.05, 3.63) is 52.8 Å². The molecule has 2 heterocycles. The minimum Gasteiger partial charge on any atom is -0.493 e. The second-order valence-electron chi connectivity index (χ2n) is 5.23. The van der Waals surface area contributed by atoms with E-state index in [2.05, 4.69) is 31.1 Å². The van der Waals surface area contributed by atoms with Gasteiger partial charge in [0, 0.05) is 34.4 Å². The second-order valence-corrected chi connectivity index (χ2v) is 6.14. The topological polar surface area (TPSA) is 79.8 Å². The van der Waals surface area contributed by atoms with Gasteiger partial charge >= 0.3 is 0 Å². The summed E-state index contributed by atoms with van der Waals surface area (Å²) in [5.41, 5.74) is 1.54. The van der Waals surface area contributed by atoms with Crippen LogP contribution in [0.15, 0.2) is 57.4 Å². The number of pyridine rings is 1. The van der Waals surface area contributed by atoms with Gasteiger partial charge in [-0.1, -0.05) is 22.9 Å². The SMILES string of the molecule is CCCn1c(O)c(N=NC(=O)c2ccncc2)c2cc(Br)ccc21. The Balaban J connectivity index is 2.05. The Labute approximate surface area is 147 Å². The Kier molecular flexibility index (Phi) is 4.71. The molecule has 0 radical (unpaired) electrons. The van der Waals surface area contributed by atoms with Crippen molar-refractivity contribution in [1.29, 1.82) is 0 Å². The van der Waals surface area contributed by atoms with Gasteiger partial charge in [-0.05, 0) is 36.8 Å². The molecular weight excluding hydrogens is 372 g/mol. The van der Waals surface area contributed by atoms with E-state index < -0.39 is 5.91 Å². The lowest BCUT2D eigenvalue weighted by molar-refractivity contribution is 0.0995. The molecule has 1 N–H and O–H groups in total. The molecule has 0 aliphatic rings.